The average Bonchev–Trinajstić information content (AvgIpc) is 3.07. The molecule has 1 unspecified atom stereocenters. The van der Waals surface area contributed by atoms with Crippen molar-refractivity contribution in [3.63, 3.8) is 0 Å². The number of carbonyl (C=O) groups excluding carboxylic acids is 1. The third-order valence-electron chi connectivity index (χ3n) is 3.40. The lowest BCUT2D eigenvalue weighted by atomic mass is 10.2. The lowest BCUT2D eigenvalue weighted by molar-refractivity contribution is 0.208. The number of aromatic nitrogens is 1. The normalized spacial score (nSPS) is 22.9. The number of carbonyl (C=O) groups is 1. The van der Waals surface area contributed by atoms with Gasteiger partial charge >= 0.3 is 6.03 Å². The molecule has 0 radical (unpaired) electrons. The van der Waals surface area contributed by atoms with Gasteiger partial charge in [-0.2, -0.15) is 0 Å². The molecule has 2 aliphatic rings. The Labute approximate surface area is 107 Å². The number of pyridine rings is 1. The van der Waals surface area contributed by atoms with Gasteiger partial charge in [0.15, 0.2) is 0 Å². The van der Waals surface area contributed by atoms with Crippen molar-refractivity contribution in [1.29, 1.82) is 0 Å². The summed E-state index contributed by atoms with van der Waals surface area (Å²) in [5.41, 5.74) is 0. The Kier molecular flexibility index (Phi) is 3.04. The Hall–Kier alpha value is -1.78. The average molecular weight is 246 g/mol. The highest BCUT2D eigenvalue weighted by Gasteiger charge is 2.30. The molecule has 2 N–H and O–H groups in total. The van der Waals surface area contributed by atoms with Gasteiger partial charge in [0.2, 0.25) is 0 Å². The zero-order valence-electron chi connectivity index (χ0n) is 10.3. The molecule has 1 aliphatic heterocycles. The van der Waals surface area contributed by atoms with E-state index < -0.39 is 0 Å². The van der Waals surface area contributed by atoms with Crippen LogP contribution in [0.25, 0.3) is 0 Å². The summed E-state index contributed by atoms with van der Waals surface area (Å²) in [6.07, 6.45) is 5.02. The van der Waals surface area contributed by atoms with E-state index in [1.54, 1.807) is 6.20 Å². The van der Waals surface area contributed by atoms with E-state index in [4.69, 9.17) is 0 Å². The third-order valence-corrected chi connectivity index (χ3v) is 3.40. The highest BCUT2D eigenvalue weighted by molar-refractivity contribution is 5.75. The largest absolute Gasteiger partial charge is 0.365 e. The number of nitrogens with zero attached hydrogens (tertiary/aromatic N) is 2. The molecule has 5 heteroatoms. The van der Waals surface area contributed by atoms with Gasteiger partial charge < -0.3 is 15.5 Å². The number of hydrogen-bond acceptors (Lipinski definition) is 3. The second-order valence-electron chi connectivity index (χ2n) is 5.01. The highest BCUT2D eigenvalue weighted by atomic mass is 16.2. The number of anilines is 1. The van der Waals surface area contributed by atoms with Gasteiger partial charge in [-0.25, -0.2) is 9.78 Å². The fourth-order valence-electron chi connectivity index (χ4n) is 2.21. The number of amides is 2. The molecule has 1 aliphatic carbocycles. The maximum atomic E-state index is 11.9. The Morgan fingerprint density at radius 3 is 2.89 bits per heavy atom. The van der Waals surface area contributed by atoms with Crippen molar-refractivity contribution in [3.05, 3.63) is 24.4 Å². The van der Waals surface area contributed by atoms with E-state index in [0.29, 0.717) is 12.1 Å². The van der Waals surface area contributed by atoms with Crippen LogP contribution in [0.2, 0.25) is 0 Å². The molecule has 1 aromatic heterocycles. The van der Waals surface area contributed by atoms with Crippen LogP contribution < -0.4 is 10.6 Å². The van der Waals surface area contributed by atoms with Crippen LogP contribution in [0.5, 0.6) is 0 Å². The summed E-state index contributed by atoms with van der Waals surface area (Å²) in [5.74, 6) is 0.881. The summed E-state index contributed by atoms with van der Waals surface area (Å²) in [6.45, 7) is 1.58. The first-order valence-corrected chi connectivity index (χ1v) is 6.54. The summed E-state index contributed by atoms with van der Waals surface area (Å²) in [6, 6.07) is 6.64. The molecule has 1 atom stereocenters. The first-order valence-electron chi connectivity index (χ1n) is 6.54. The van der Waals surface area contributed by atoms with E-state index in [0.717, 1.165) is 38.2 Å². The zero-order valence-corrected chi connectivity index (χ0v) is 10.3. The minimum atomic E-state index is 0.0859. The molecule has 0 spiro atoms. The van der Waals surface area contributed by atoms with Crippen LogP contribution in [-0.2, 0) is 0 Å². The number of likely N-dealkylation sites (tertiary alicyclic amines) is 1. The van der Waals surface area contributed by atoms with Crippen LogP contribution in [0.3, 0.4) is 0 Å². The van der Waals surface area contributed by atoms with Gasteiger partial charge in [-0.1, -0.05) is 6.07 Å². The summed E-state index contributed by atoms with van der Waals surface area (Å²) >= 11 is 0. The van der Waals surface area contributed by atoms with Crippen LogP contribution in [0.15, 0.2) is 24.4 Å². The van der Waals surface area contributed by atoms with Crippen molar-refractivity contribution in [2.75, 3.05) is 18.4 Å². The standard InChI is InChI=1S/C13H18N4O/c18-13(16-10-4-5-10)17-8-6-11(9-17)15-12-3-1-2-7-14-12/h1-3,7,10-11H,4-6,8-9H2,(H,14,15)(H,16,18). The molecule has 0 aromatic carbocycles. The van der Waals surface area contributed by atoms with Gasteiger partial charge in [-0.15, -0.1) is 0 Å². The Bertz CT molecular complexity index is 418. The maximum absolute atomic E-state index is 11.9. The summed E-state index contributed by atoms with van der Waals surface area (Å²) < 4.78 is 0. The second kappa shape index (κ2) is 4.84. The minimum absolute atomic E-state index is 0.0859. The molecule has 3 rings (SSSR count). The first-order chi connectivity index (χ1) is 8.81. The van der Waals surface area contributed by atoms with Crippen molar-refractivity contribution >= 4 is 11.8 Å². The van der Waals surface area contributed by atoms with E-state index in [1.807, 2.05) is 23.1 Å². The number of nitrogens with one attached hydrogen (secondary N) is 2. The van der Waals surface area contributed by atoms with Gasteiger partial charge in [-0.05, 0) is 31.4 Å². The van der Waals surface area contributed by atoms with Gasteiger partial charge in [0.1, 0.15) is 5.82 Å². The molecule has 2 heterocycles. The van der Waals surface area contributed by atoms with Crippen molar-refractivity contribution in [2.24, 2.45) is 0 Å². The van der Waals surface area contributed by atoms with Gasteiger partial charge in [0.05, 0.1) is 0 Å². The van der Waals surface area contributed by atoms with Crippen molar-refractivity contribution in [1.82, 2.24) is 15.2 Å². The van der Waals surface area contributed by atoms with Crippen molar-refractivity contribution in [3.8, 4) is 0 Å². The molecule has 1 saturated heterocycles. The number of hydrogen-bond donors (Lipinski definition) is 2. The van der Waals surface area contributed by atoms with E-state index in [1.165, 1.54) is 0 Å². The van der Waals surface area contributed by atoms with E-state index in [-0.39, 0.29) is 6.03 Å². The third kappa shape index (κ3) is 2.72. The Morgan fingerprint density at radius 1 is 1.28 bits per heavy atom. The lowest BCUT2D eigenvalue weighted by Gasteiger charge is -2.17. The molecule has 18 heavy (non-hydrogen) atoms. The molecule has 96 valence electrons. The Balaban J connectivity index is 1.50. The zero-order chi connectivity index (χ0) is 12.4. The quantitative estimate of drug-likeness (QED) is 0.848. The fourth-order valence-corrected chi connectivity index (χ4v) is 2.21. The number of urea groups is 1. The predicted octanol–water partition coefficient (Wildman–Crippen LogP) is 1.44. The first kappa shape index (κ1) is 11.3. The van der Waals surface area contributed by atoms with E-state index >= 15 is 0 Å². The second-order valence-corrected chi connectivity index (χ2v) is 5.01. The van der Waals surface area contributed by atoms with E-state index in [2.05, 4.69) is 15.6 Å². The van der Waals surface area contributed by atoms with Gasteiger partial charge in [-0.3, -0.25) is 0 Å². The van der Waals surface area contributed by atoms with Gasteiger partial charge in [0.25, 0.3) is 0 Å². The predicted molar refractivity (Wildman–Crippen MR) is 69.4 cm³/mol. The Morgan fingerprint density at radius 2 is 2.17 bits per heavy atom. The number of rotatable bonds is 3. The lowest BCUT2D eigenvalue weighted by Crippen LogP contribution is -2.40. The molecular weight excluding hydrogens is 228 g/mol. The summed E-state index contributed by atoms with van der Waals surface area (Å²) in [4.78, 5) is 18.0. The smallest absolute Gasteiger partial charge is 0.317 e. The topological polar surface area (TPSA) is 57.3 Å². The highest BCUT2D eigenvalue weighted by Crippen LogP contribution is 2.20. The molecule has 5 nitrogen and oxygen atoms in total. The van der Waals surface area contributed by atoms with Crippen LogP contribution in [0, 0.1) is 0 Å². The van der Waals surface area contributed by atoms with Crippen molar-refractivity contribution < 1.29 is 4.79 Å². The molecular formula is C13H18N4O. The van der Waals surface area contributed by atoms with Crippen LogP contribution >= 0.6 is 0 Å². The molecule has 1 aromatic rings. The minimum Gasteiger partial charge on any atom is -0.365 e. The van der Waals surface area contributed by atoms with Crippen LogP contribution in [0.1, 0.15) is 19.3 Å². The molecule has 1 saturated carbocycles. The van der Waals surface area contributed by atoms with Gasteiger partial charge in [0, 0.05) is 31.4 Å². The molecule has 0 bridgehead atoms. The summed E-state index contributed by atoms with van der Waals surface area (Å²) in [5, 5.41) is 6.39. The monoisotopic (exact) mass is 246 g/mol. The molecule has 2 amide bonds. The SMILES string of the molecule is O=C(NC1CC1)N1CCC(Nc2ccccn2)C1. The van der Waals surface area contributed by atoms with Crippen LogP contribution in [-0.4, -0.2) is 41.1 Å². The van der Waals surface area contributed by atoms with E-state index in [9.17, 15) is 4.79 Å². The van der Waals surface area contributed by atoms with Crippen LogP contribution in [0.4, 0.5) is 10.6 Å². The van der Waals surface area contributed by atoms with Crippen molar-refractivity contribution in [2.45, 2.75) is 31.3 Å². The maximum Gasteiger partial charge on any atom is 0.317 e. The summed E-state index contributed by atoms with van der Waals surface area (Å²) in [7, 11) is 0. The molecule has 2 fully saturated rings. The fraction of sp³-hybridized carbons (Fsp3) is 0.538.